The summed E-state index contributed by atoms with van der Waals surface area (Å²) in [6, 6.07) is 5.62. The quantitative estimate of drug-likeness (QED) is 0.578. The first-order chi connectivity index (χ1) is 13.5. The summed E-state index contributed by atoms with van der Waals surface area (Å²) in [5.41, 5.74) is 2.90. The number of aromatic nitrogens is 5. The molecular weight excluding hydrogens is 399 g/mol. The Labute approximate surface area is 172 Å². The first-order valence-corrected chi connectivity index (χ1v) is 9.75. The molecule has 1 aliphatic heterocycles. The second kappa shape index (κ2) is 7.90. The van der Waals surface area contributed by atoms with Gasteiger partial charge in [-0.1, -0.05) is 28.4 Å². The summed E-state index contributed by atoms with van der Waals surface area (Å²) in [5.74, 6) is 1.15. The lowest BCUT2D eigenvalue weighted by atomic mass is 10.2. The molecule has 146 valence electrons. The molecule has 10 heteroatoms. The van der Waals surface area contributed by atoms with Crippen LogP contribution in [0.3, 0.4) is 0 Å². The maximum Gasteiger partial charge on any atom is 0.229 e. The molecule has 28 heavy (non-hydrogen) atoms. The Balaban J connectivity index is 1.67. The molecule has 1 aliphatic rings. The Bertz CT molecular complexity index is 997. The van der Waals surface area contributed by atoms with E-state index in [0.29, 0.717) is 33.2 Å². The van der Waals surface area contributed by atoms with Gasteiger partial charge < -0.3 is 16.0 Å². The van der Waals surface area contributed by atoms with E-state index in [2.05, 4.69) is 36.2 Å². The van der Waals surface area contributed by atoms with Gasteiger partial charge in [-0.2, -0.15) is 4.98 Å². The molecule has 3 heterocycles. The Morgan fingerprint density at radius 1 is 1.25 bits per heavy atom. The van der Waals surface area contributed by atoms with Gasteiger partial charge in [0.25, 0.3) is 0 Å². The average Bonchev–Trinajstić information content (AvgIpc) is 3.35. The van der Waals surface area contributed by atoms with Crippen molar-refractivity contribution in [3.63, 3.8) is 0 Å². The van der Waals surface area contributed by atoms with E-state index >= 15 is 0 Å². The van der Waals surface area contributed by atoms with Crippen LogP contribution in [0.4, 0.5) is 17.5 Å². The van der Waals surface area contributed by atoms with Crippen molar-refractivity contribution in [1.29, 1.82) is 0 Å². The summed E-state index contributed by atoms with van der Waals surface area (Å²) in [7, 11) is 1.81. The van der Waals surface area contributed by atoms with Crippen LogP contribution in [-0.2, 0) is 0 Å². The predicted molar refractivity (Wildman–Crippen MR) is 111 cm³/mol. The molecule has 0 spiro atoms. The SMILES string of the molecule is CNc1cc(C)nc(Nc2ccc(Cl)c(-n3cc(C4CCCN4)nn3)c2Cl)n1. The largest absolute Gasteiger partial charge is 0.373 e. The molecule has 0 bridgehead atoms. The standard InChI is InChI=1S/C18H20Cl2N8/c1-10-8-15(21-2)25-18(23-10)24-13-6-5-11(19)17(16(13)20)28-9-14(26-27-28)12-4-3-7-22-12/h5-6,8-9,12,22H,3-4,7H2,1-2H3,(H2,21,23,24,25). The molecule has 0 radical (unpaired) electrons. The van der Waals surface area contributed by atoms with Crippen molar-refractivity contribution in [3.8, 4) is 5.69 Å². The van der Waals surface area contributed by atoms with E-state index in [1.165, 1.54) is 0 Å². The molecule has 8 nitrogen and oxygen atoms in total. The van der Waals surface area contributed by atoms with E-state index in [1.54, 1.807) is 23.9 Å². The third-order valence-electron chi connectivity index (χ3n) is 4.58. The molecule has 0 saturated carbocycles. The molecule has 0 aliphatic carbocycles. The van der Waals surface area contributed by atoms with Crippen LogP contribution in [0.5, 0.6) is 0 Å². The molecule has 1 atom stereocenters. The Morgan fingerprint density at radius 2 is 2.11 bits per heavy atom. The van der Waals surface area contributed by atoms with E-state index in [4.69, 9.17) is 23.2 Å². The summed E-state index contributed by atoms with van der Waals surface area (Å²) in [4.78, 5) is 8.80. The monoisotopic (exact) mass is 418 g/mol. The summed E-state index contributed by atoms with van der Waals surface area (Å²) in [6.07, 6.45) is 4.03. The van der Waals surface area contributed by atoms with Gasteiger partial charge in [0.2, 0.25) is 5.95 Å². The van der Waals surface area contributed by atoms with Crippen LogP contribution in [0.15, 0.2) is 24.4 Å². The number of benzene rings is 1. The molecule has 1 fully saturated rings. The minimum absolute atomic E-state index is 0.216. The number of aryl methyl sites for hydroxylation is 1. The Morgan fingerprint density at radius 3 is 2.86 bits per heavy atom. The van der Waals surface area contributed by atoms with Gasteiger partial charge in [-0.25, -0.2) is 9.67 Å². The van der Waals surface area contributed by atoms with Gasteiger partial charge in [0, 0.05) is 18.8 Å². The predicted octanol–water partition coefficient (Wildman–Crippen LogP) is 3.88. The van der Waals surface area contributed by atoms with Gasteiger partial charge in [0.05, 0.1) is 28.0 Å². The minimum Gasteiger partial charge on any atom is -0.373 e. The van der Waals surface area contributed by atoms with Crippen LogP contribution < -0.4 is 16.0 Å². The van der Waals surface area contributed by atoms with Crippen molar-refractivity contribution in [2.24, 2.45) is 0 Å². The number of rotatable bonds is 5. The van der Waals surface area contributed by atoms with E-state index < -0.39 is 0 Å². The summed E-state index contributed by atoms with van der Waals surface area (Å²) < 4.78 is 1.61. The zero-order chi connectivity index (χ0) is 19.7. The molecule has 3 aromatic rings. The lowest BCUT2D eigenvalue weighted by Crippen LogP contribution is -2.13. The van der Waals surface area contributed by atoms with Crippen molar-refractivity contribution < 1.29 is 0 Å². The van der Waals surface area contributed by atoms with Gasteiger partial charge in [0.15, 0.2) is 0 Å². The van der Waals surface area contributed by atoms with Crippen LogP contribution in [0.1, 0.15) is 30.3 Å². The lowest BCUT2D eigenvalue weighted by Gasteiger charge is -2.13. The molecule has 1 unspecified atom stereocenters. The zero-order valence-electron chi connectivity index (χ0n) is 15.5. The molecule has 1 aromatic carbocycles. The van der Waals surface area contributed by atoms with Gasteiger partial charge in [-0.15, -0.1) is 5.10 Å². The highest BCUT2D eigenvalue weighted by Crippen LogP contribution is 2.36. The molecule has 0 amide bonds. The van der Waals surface area contributed by atoms with E-state index in [-0.39, 0.29) is 6.04 Å². The van der Waals surface area contributed by atoms with E-state index in [0.717, 1.165) is 30.8 Å². The maximum atomic E-state index is 6.66. The highest BCUT2D eigenvalue weighted by Gasteiger charge is 2.21. The lowest BCUT2D eigenvalue weighted by molar-refractivity contribution is 0.625. The van der Waals surface area contributed by atoms with Crippen LogP contribution >= 0.6 is 23.2 Å². The first kappa shape index (κ1) is 18.9. The van der Waals surface area contributed by atoms with Crippen molar-refractivity contribution in [1.82, 2.24) is 30.3 Å². The number of nitrogens with zero attached hydrogens (tertiary/aromatic N) is 5. The average molecular weight is 419 g/mol. The fraction of sp³-hybridized carbons (Fsp3) is 0.333. The van der Waals surface area contributed by atoms with E-state index in [1.807, 2.05) is 19.2 Å². The van der Waals surface area contributed by atoms with E-state index in [9.17, 15) is 0 Å². The first-order valence-electron chi connectivity index (χ1n) is 8.99. The van der Waals surface area contributed by atoms with Gasteiger partial charge in [0.1, 0.15) is 17.2 Å². The fourth-order valence-corrected chi connectivity index (χ4v) is 3.79. The van der Waals surface area contributed by atoms with Crippen LogP contribution in [-0.4, -0.2) is 38.6 Å². The number of hydrogen-bond donors (Lipinski definition) is 3. The summed E-state index contributed by atoms with van der Waals surface area (Å²) in [5, 5.41) is 19.0. The van der Waals surface area contributed by atoms with Gasteiger partial charge >= 0.3 is 0 Å². The Kier molecular flexibility index (Phi) is 5.34. The minimum atomic E-state index is 0.216. The summed E-state index contributed by atoms with van der Waals surface area (Å²) in [6.45, 7) is 2.89. The number of halogens is 2. The molecule has 1 saturated heterocycles. The Hall–Kier alpha value is -2.42. The second-order valence-corrected chi connectivity index (χ2v) is 7.37. The fourth-order valence-electron chi connectivity index (χ4n) is 3.20. The molecule has 4 rings (SSSR count). The molecule has 3 N–H and O–H groups in total. The van der Waals surface area contributed by atoms with Crippen molar-refractivity contribution in [2.75, 3.05) is 24.2 Å². The number of hydrogen-bond acceptors (Lipinski definition) is 7. The number of nitrogens with one attached hydrogen (secondary N) is 3. The maximum absolute atomic E-state index is 6.66. The third-order valence-corrected chi connectivity index (χ3v) is 5.27. The zero-order valence-corrected chi connectivity index (χ0v) is 17.0. The van der Waals surface area contributed by atoms with Crippen LogP contribution in [0, 0.1) is 6.92 Å². The van der Waals surface area contributed by atoms with Gasteiger partial charge in [-0.3, -0.25) is 0 Å². The smallest absolute Gasteiger partial charge is 0.229 e. The molecular formula is C18H20Cl2N8. The highest BCUT2D eigenvalue weighted by molar-refractivity contribution is 6.39. The van der Waals surface area contributed by atoms with Crippen LogP contribution in [0.2, 0.25) is 10.0 Å². The van der Waals surface area contributed by atoms with Crippen molar-refractivity contribution in [2.45, 2.75) is 25.8 Å². The third kappa shape index (κ3) is 3.76. The highest BCUT2D eigenvalue weighted by atomic mass is 35.5. The number of anilines is 3. The van der Waals surface area contributed by atoms with Crippen LogP contribution in [0.25, 0.3) is 5.69 Å². The molecule has 2 aromatic heterocycles. The van der Waals surface area contributed by atoms with Crippen molar-refractivity contribution in [3.05, 3.63) is 45.8 Å². The van der Waals surface area contributed by atoms with Crippen molar-refractivity contribution >= 4 is 40.7 Å². The summed E-state index contributed by atoms with van der Waals surface area (Å²) >= 11 is 13.1. The topological polar surface area (TPSA) is 92.6 Å². The second-order valence-electron chi connectivity index (χ2n) is 6.59. The normalized spacial score (nSPS) is 16.4. The van der Waals surface area contributed by atoms with Gasteiger partial charge in [-0.05, 0) is 38.4 Å².